The van der Waals surface area contributed by atoms with Gasteiger partial charge in [-0.15, -0.1) is 12.4 Å². The van der Waals surface area contributed by atoms with Crippen molar-refractivity contribution >= 4 is 29.9 Å². The molecule has 2 aliphatic heterocycles. The second-order valence-corrected chi connectivity index (χ2v) is 7.73. The summed E-state index contributed by atoms with van der Waals surface area (Å²) in [5.74, 6) is 1.10. The van der Waals surface area contributed by atoms with Gasteiger partial charge in [-0.2, -0.15) is 0 Å². The van der Waals surface area contributed by atoms with Crippen LogP contribution in [0.25, 0.3) is 0 Å². The fraction of sp³-hybridized carbons (Fsp3) is 0.476. The molecule has 2 unspecified atom stereocenters. The van der Waals surface area contributed by atoms with Gasteiger partial charge in [-0.3, -0.25) is 9.59 Å². The van der Waals surface area contributed by atoms with Crippen molar-refractivity contribution in [3.05, 3.63) is 42.0 Å². The van der Waals surface area contributed by atoms with Crippen molar-refractivity contribution in [3.63, 3.8) is 0 Å². The highest BCUT2D eigenvalue weighted by Gasteiger charge is 2.41. The third-order valence-corrected chi connectivity index (χ3v) is 5.78. The quantitative estimate of drug-likeness (QED) is 0.793. The highest BCUT2D eigenvalue weighted by molar-refractivity contribution is 6.01. The summed E-state index contributed by atoms with van der Waals surface area (Å²) >= 11 is 0. The molecule has 3 heterocycles. The number of halogens is 1. The number of nitrogens with zero attached hydrogens (tertiary/aromatic N) is 4. The van der Waals surface area contributed by atoms with Gasteiger partial charge in [0, 0.05) is 52.0 Å². The molecule has 0 saturated carbocycles. The number of carbonyl (C=O) groups is 2. The van der Waals surface area contributed by atoms with E-state index in [2.05, 4.69) is 10.3 Å². The number of benzene rings is 1. The molecule has 2 amide bonds. The number of aryl methyl sites for hydroxylation is 2. The molecule has 1 N–H and O–H groups in total. The Morgan fingerprint density at radius 1 is 1.33 bits per heavy atom. The van der Waals surface area contributed by atoms with E-state index in [1.54, 1.807) is 18.2 Å². The Morgan fingerprint density at radius 2 is 2.13 bits per heavy atom. The molecule has 1 aromatic carbocycles. The van der Waals surface area contributed by atoms with E-state index in [-0.39, 0.29) is 42.6 Å². The monoisotopic (exact) mass is 433 g/mol. The van der Waals surface area contributed by atoms with Crippen molar-refractivity contribution < 1.29 is 14.3 Å². The van der Waals surface area contributed by atoms with Crippen LogP contribution in [0, 0.1) is 12.8 Å². The summed E-state index contributed by atoms with van der Waals surface area (Å²) in [6, 6.07) is 5.61. The van der Waals surface area contributed by atoms with E-state index in [0.29, 0.717) is 25.4 Å². The normalized spacial score (nSPS) is 21.5. The number of hydrogen-bond donors (Lipinski definition) is 1. The van der Waals surface area contributed by atoms with Crippen LogP contribution in [0.4, 0.5) is 5.69 Å². The lowest BCUT2D eigenvalue weighted by Crippen LogP contribution is -2.51. The lowest BCUT2D eigenvalue weighted by molar-refractivity contribution is -0.139. The predicted octanol–water partition coefficient (Wildman–Crippen LogP) is 1.68. The number of aromatic nitrogens is 2. The van der Waals surface area contributed by atoms with E-state index in [1.165, 1.54) is 0 Å². The van der Waals surface area contributed by atoms with Gasteiger partial charge in [0.15, 0.2) is 0 Å². The number of hydrogen-bond acceptors (Lipinski definition) is 5. The van der Waals surface area contributed by atoms with Crippen LogP contribution in [-0.2, 0) is 16.6 Å². The number of carbonyl (C=O) groups excluding carboxylic acids is 2. The fourth-order valence-electron chi connectivity index (χ4n) is 4.25. The Morgan fingerprint density at radius 3 is 2.83 bits per heavy atom. The fourth-order valence-corrected chi connectivity index (χ4v) is 4.25. The molecule has 2 atom stereocenters. The number of nitrogens with one attached hydrogen (secondary N) is 1. The third kappa shape index (κ3) is 4.02. The van der Waals surface area contributed by atoms with Gasteiger partial charge in [0.25, 0.3) is 0 Å². The third-order valence-electron chi connectivity index (χ3n) is 5.78. The largest absolute Gasteiger partial charge is 0.495 e. The van der Waals surface area contributed by atoms with Gasteiger partial charge in [-0.05, 0) is 24.6 Å². The number of amides is 2. The minimum absolute atomic E-state index is 0. The van der Waals surface area contributed by atoms with E-state index in [4.69, 9.17) is 4.74 Å². The first-order chi connectivity index (χ1) is 14.0. The smallest absolute Gasteiger partial charge is 0.228 e. The van der Waals surface area contributed by atoms with Crippen LogP contribution in [0.3, 0.4) is 0 Å². The topological polar surface area (TPSA) is 79.7 Å². The van der Waals surface area contributed by atoms with Crippen molar-refractivity contribution in [2.24, 2.45) is 13.0 Å². The summed E-state index contributed by atoms with van der Waals surface area (Å²) < 4.78 is 7.39. The van der Waals surface area contributed by atoms with Gasteiger partial charge in [0.1, 0.15) is 17.6 Å². The first-order valence-corrected chi connectivity index (χ1v) is 9.93. The summed E-state index contributed by atoms with van der Waals surface area (Å²) in [5.41, 5.74) is 1.77. The minimum Gasteiger partial charge on any atom is -0.495 e. The summed E-state index contributed by atoms with van der Waals surface area (Å²) in [4.78, 5) is 34.2. The molecule has 4 rings (SSSR count). The Hall–Kier alpha value is -2.58. The zero-order valence-corrected chi connectivity index (χ0v) is 18.3. The lowest BCUT2D eigenvalue weighted by atomic mass is 10.0. The summed E-state index contributed by atoms with van der Waals surface area (Å²) in [6.07, 6.45) is 3.85. The molecule has 0 bridgehead atoms. The molecular formula is C21H28ClN5O3. The van der Waals surface area contributed by atoms with Gasteiger partial charge in [0.2, 0.25) is 11.8 Å². The number of rotatable bonds is 4. The SMILES string of the molecule is COc1ccc(C)cc1N1CC(C(=O)N2CCNCC2c2nccn2C)CC1=O.Cl. The maximum absolute atomic E-state index is 13.4. The maximum atomic E-state index is 13.4. The van der Waals surface area contributed by atoms with Crippen molar-refractivity contribution in [1.82, 2.24) is 19.8 Å². The molecule has 0 radical (unpaired) electrons. The number of piperazine rings is 1. The van der Waals surface area contributed by atoms with Gasteiger partial charge in [-0.25, -0.2) is 4.98 Å². The standard InChI is InChI=1S/C21H27N5O3.ClH/c1-14-4-5-18(29-3)16(10-14)26-13-15(11-19(26)27)21(28)25-9-6-22-12-17(25)20-23-7-8-24(20)2;/h4-5,7-8,10,15,17,22H,6,9,11-13H2,1-3H3;1H. The average Bonchev–Trinajstić information content (AvgIpc) is 3.33. The van der Waals surface area contributed by atoms with E-state index < -0.39 is 0 Å². The van der Waals surface area contributed by atoms with E-state index in [0.717, 1.165) is 23.6 Å². The van der Waals surface area contributed by atoms with Crippen LogP contribution >= 0.6 is 12.4 Å². The van der Waals surface area contributed by atoms with E-state index in [1.807, 2.05) is 47.8 Å². The first-order valence-electron chi connectivity index (χ1n) is 9.93. The van der Waals surface area contributed by atoms with Gasteiger partial charge >= 0.3 is 0 Å². The van der Waals surface area contributed by atoms with E-state index >= 15 is 0 Å². The molecule has 8 nitrogen and oxygen atoms in total. The Kier molecular flexibility index (Phi) is 6.67. The first kappa shape index (κ1) is 22.1. The summed E-state index contributed by atoms with van der Waals surface area (Å²) in [5, 5.41) is 3.35. The number of anilines is 1. The van der Waals surface area contributed by atoms with Crippen LogP contribution in [0.1, 0.15) is 23.9 Å². The second kappa shape index (κ2) is 9.06. The zero-order valence-electron chi connectivity index (χ0n) is 17.5. The minimum atomic E-state index is -0.367. The molecule has 0 aliphatic carbocycles. The van der Waals surface area contributed by atoms with Gasteiger partial charge in [-0.1, -0.05) is 6.07 Å². The van der Waals surface area contributed by atoms with Crippen LogP contribution in [-0.4, -0.2) is 59.6 Å². The second-order valence-electron chi connectivity index (χ2n) is 7.73. The summed E-state index contributed by atoms with van der Waals surface area (Å²) in [6.45, 7) is 4.35. The molecule has 0 spiro atoms. The van der Waals surface area contributed by atoms with Crippen LogP contribution in [0.15, 0.2) is 30.6 Å². The highest BCUT2D eigenvalue weighted by Crippen LogP contribution is 2.35. The number of methoxy groups -OCH3 is 1. The number of imidazole rings is 1. The lowest BCUT2D eigenvalue weighted by Gasteiger charge is -2.37. The Balaban J connectivity index is 0.00000256. The summed E-state index contributed by atoms with van der Waals surface area (Å²) in [7, 11) is 3.53. The van der Waals surface area contributed by atoms with Crippen molar-refractivity contribution in [2.75, 3.05) is 38.2 Å². The molecule has 2 saturated heterocycles. The number of ether oxygens (including phenoxy) is 1. The molecule has 2 aromatic rings. The van der Waals surface area contributed by atoms with E-state index in [9.17, 15) is 9.59 Å². The molecule has 1 aromatic heterocycles. The average molecular weight is 434 g/mol. The molecule has 2 aliphatic rings. The molecular weight excluding hydrogens is 406 g/mol. The van der Waals surface area contributed by atoms with Crippen LogP contribution in [0.2, 0.25) is 0 Å². The van der Waals surface area contributed by atoms with Crippen LogP contribution < -0.4 is 15.0 Å². The van der Waals surface area contributed by atoms with Crippen molar-refractivity contribution in [3.8, 4) is 5.75 Å². The van der Waals surface area contributed by atoms with Crippen molar-refractivity contribution in [2.45, 2.75) is 19.4 Å². The Bertz CT molecular complexity index is 931. The molecule has 2 fully saturated rings. The highest BCUT2D eigenvalue weighted by atomic mass is 35.5. The van der Waals surface area contributed by atoms with Gasteiger partial charge < -0.3 is 24.4 Å². The molecule has 9 heteroatoms. The Labute approximate surface area is 182 Å². The van der Waals surface area contributed by atoms with Crippen molar-refractivity contribution in [1.29, 1.82) is 0 Å². The van der Waals surface area contributed by atoms with Gasteiger partial charge in [0.05, 0.1) is 18.7 Å². The zero-order chi connectivity index (χ0) is 20.5. The predicted molar refractivity (Wildman–Crippen MR) is 116 cm³/mol. The van der Waals surface area contributed by atoms with Crippen LogP contribution in [0.5, 0.6) is 5.75 Å². The molecule has 30 heavy (non-hydrogen) atoms. The molecule has 162 valence electrons. The maximum Gasteiger partial charge on any atom is 0.228 e.